The molecule has 0 saturated carbocycles. The molecule has 80 valence electrons. The van der Waals surface area contributed by atoms with Gasteiger partial charge in [0.1, 0.15) is 0 Å². The number of nitrogens with zero attached hydrogens (tertiary/aromatic N) is 3. The maximum atomic E-state index is 11.4. The highest BCUT2D eigenvalue weighted by molar-refractivity contribution is 7.87. The molecule has 1 aliphatic rings. The fraction of sp³-hybridized carbons (Fsp3) is 0.286. The summed E-state index contributed by atoms with van der Waals surface area (Å²) >= 11 is 0. The number of nitrogens with one attached hydrogen (secondary N) is 1. The number of aromatic nitrogens is 4. The Bertz CT molecular complexity index is 504. The predicted octanol–water partition coefficient (Wildman–Crippen LogP) is -0.201. The highest BCUT2D eigenvalue weighted by Gasteiger charge is 2.46. The molecule has 1 heterocycles. The summed E-state index contributed by atoms with van der Waals surface area (Å²) in [6.45, 7) is 0. The molecule has 2 N–H and O–H groups in total. The molecule has 1 aromatic heterocycles. The smallest absolute Gasteiger partial charge is 0.282 e. The molecule has 7 nitrogen and oxygen atoms in total. The molecule has 1 unspecified atom stereocenters. The molecule has 8 heteroatoms. The second kappa shape index (κ2) is 3.24. The lowest BCUT2D eigenvalue weighted by molar-refractivity contribution is 0.442. The largest absolute Gasteiger partial charge is 0.285 e. The zero-order chi connectivity index (χ0) is 10.9. The summed E-state index contributed by atoms with van der Waals surface area (Å²) in [5, 5.41) is 12.7. The van der Waals surface area contributed by atoms with Crippen molar-refractivity contribution in [3.05, 3.63) is 30.1 Å². The quantitative estimate of drug-likeness (QED) is 0.678. The third-order valence-corrected chi connectivity index (χ3v) is 3.62. The van der Waals surface area contributed by atoms with E-state index in [9.17, 15) is 13.0 Å². The fourth-order valence-corrected chi connectivity index (χ4v) is 2.29. The summed E-state index contributed by atoms with van der Waals surface area (Å²) in [5.41, 5.74) is 0. The lowest BCUT2D eigenvalue weighted by atomic mass is 9.99. The number of allylic oxidation sites excluding steroid dienone is 3. The van der Waals surface area contributed by atoms with E-state index in [1.807, 2.05) is 0 Å². The van der Waals surface area contributed by atoms with Crippen LogP contribution in [0.25, 0.3) is 0 Å². The number of rotatable bonds is 2. The molecule has 1 atom stereocenters. The van der Waals surface area contributed by atoms with Crippen molar-refractivity contribution in [2.45, 2.75) is 11.2 Å². The van der Waals surface area contributed by atoms with Gasteiger partial charge in [-0.25, -0.2) is 0 Å². The fourth-order valence-electron chi connectivity index (χ4n) is 1.41. The maximum absolute atomic E-state index is 11.4. The molecule has 0 fully saturated rings. The highest BCUT2D eigenvalue weighted by atomic mass is 32.2. The maximum Gasteiger partial charge on any atom is 0.282 e. The molecule has 0 radical (unpaired) electrons. The summed E-state index contributed by atoms with van der Waals surface area (Å²) in [4.78, 5) is 0. The number of aromatic amines is 1. The van der Waals surface area contributed by atoms with E-state index in [-0.39, 0.29) is 12.2 Å². The number of H-pyrrole nitrogens is 1. The van der Waals surface area contributed by atoms with Crippen molar-refractivity contribution in [2.24, 2.45) is 0 Å². The molecule has 15 heavy (non-hydrogen) atoms. The van der Waals surface area contributed by atoms with E-state index in [0.29, 0.717) is 0 Å². The second-order valence-electron chi connectivity index (χ2n) is 3.09. The van der Waals surface area contributed by atoms with Crippen molar-refractivity contribution in [3.63, 3.8) is 0 Å². The van der Waals surface area contributed by atoms with Crippen molar-refractivity contribution in [2.75, 3.05) is 0 Å². The van der Waals surface area contributed by atoms with Gasteiger partial charge in [0.05, 0.1) is 0 Å². The van der Waals surface area contributed by atoms with Crippen LogP contribution in [0.5, 0.6) is 0 Å². The van der Waals surface area contributed by atoms with Crippen molar-refractivity contribution in [1.29, 1.82) is 0 Å². The molecule has 0 saturated heterocycles. The van der Waals surface area contributed by atoms with E-state index in [1.165, 1.54) is 12.2 Å². The van der Waals surface area contributed by atoms with Gasteiger partial charge < -0.3 is 0 Å². The van der Waals surface area contributed by atoms with Crippen LogP contribution in [-0.4, -0.2) is 33.6 Å². The van der Waals surface area contributed by atoms with Gasteiger partial charge in [-0.1, -0.05) is 29.5 Å². The minimum absolute atomic E-state index is 0.0643. The molecule has 0 amide bonds. The van der Waals surface area contributed by atoms with Gasteiger partial charge in [0.25, 0.3) is 10.1 Å². The standard InChI is InChI=1S/C7H8N4O3S/c12-15(13,14)7(4-2-1-3-5-7)6-8-10-11-9-6/h1-4H,5H2,(H,12,13,14)(H,8,9,10,11). The predicted molar refractivity (Wildman–Crippen MR) is 50.3 cm³/mol. The minimum Gasteiger partial charge on any atom is -0.285 e. The van der Waals surface area contributed by atoms with Gasteiger partial charge in [-0.05, 0) is 6.42 Å². The Kier molecular flexibility index (Phi) is 2.16. The summed E-state index contributed by atoms with van der Waals surface area (Å²) in [6.07, 6.45) is 6.25. The molecule has 0 aromatic carbocycles. The summed E-state index contributed by atoms with van der Waals surface area (Å²) in [7, 11) is -4.33. The van der Waals surface area contributed by atoms with Crippen LogP contribution in [0.3, 0.4) is 0 Å². The van der Waals surface area contributed by atoms with Gasteiger partial charge in [-0.15, -0.1) is 10.2 Å². The van der Waals surface area contributed by atoms with Gasteiger partial charge in [0.2, 0.25) is 5.82 Å². The van der Waals surface area contributed by atoms with Crippen LogP contribution < -0.4 is 0 Å². The molecular formula is C7H8N4O3S. The first-order valence-electron chi connectivity index (χ1n) is 4.11. The Hall–Kier alpha value is -1.54. The monoisotopic (exact) mass is 228 g/mol. The molecule has 1 aliphatic carbocycles. The van der Waals surface area contributed by atoms with E-state index in [0.717, 1.165) is 0 Å². The van der Waals surface area contributed by atoms with Crippen molar-refractivity contribution < 1.29 is 13.0 Å². The second-order valence-corrected chi connectivity index (χ2v) is 4.77. The van der Waals surface area contributed by atoms with Crippen LogP contribution in [0.4, 0.5) is 0 Å². The van der Waals surface area contributed by atoms with Crippen molar-refractivity contribution >= 4 is 10.1 Å². The zero-order valence-electron chi connectivity index (χ0n) is 7.53. The molecule has 0 bridgehead atoms. The number of hydrogen-bond donors (Lipinski definition) is 2. The van der Waals surface area contributed by atoms with Gasteiger partial charge in [0, 0.05) is 0 Å². The number of hydrogen-bond acceptors (Lipinski definition) is 5. The Morgan fingerprint density at radius 3 is 2.73 bits per heavy atom. The third kappa shape index (κ3) is 1.47. The Balaban J connectivity index is 2.60. The molecular weight excluding hydrogens is 220 g/mol. The highest BCUT2D eigenvalue weighted by Crippen LogP contribution is 2.34. The Labute approximate surface area is 85.6 Å². The Morgan fingerprint density at radius 2 is 2.27 bits per heavy atom. The lowest BCUT2D eigenvalue weighted by Gasteiger charge is -2.23. The first kappa shape index (κ1) is 9.99. The molecule has 2 rings (SSSR count). The average molecular weight is 228 g/mol. The lowest BCUT2D eigenvalue weighted by Crippen LogP contribution is -2.35. The van der Waals surface area contributed by atoms with E-state index in [4.69, 9.17) is 0 Å². The first-order chi connectivity index (χ1) is 7.06. The molecule has 1 aromatic rings. The van der Waals surface area contributed by atoms with Crippen LogP contribution in [0.15, 0.2) is 24.3 Å². The van der Waals surface area contributed by atoms with E-state index < -0.39 is 14.9 Å². The average Bonchev–Trinajstić information content (AvgIpc) is 2.70. The molecule has 0 spiro atoms. The van der Waals surface area contributed by atoms with Crippen LogP contribution >= 0.6 is 0 Å². The van der Waals surface area contributed by atoms with Crippen molar-refractivity contribution in [3.8, 4) is 0 Å². The minimum atomic E-state index is -4.33. The van der Waals surface area contributed by atoms with Gasteiger partial charge in [0.15, 0.2) is 4.75 Å². The van der Waals surface area contributed by atoms with E-state index >= 15 is 0 Å². The zero-order valence-corrected chi connectivity index (χ0v) is 8.35. The Morgan fingerprint density at radius 1 is 1.47 bits per heavy atom. The van der Waals surface area contributed by atoms with Crippen LogP contribution in [-0.2, 0) is 14.9 Å². The first-order valence-corrected chi connectivity index (χ1v) is 5.55. The van der Waals surface area contributed by atoms with Gasteiger partial charge >= 0.3 is 0 Å². The normalized spacial score (nSPS) is 25.7. The van der Waals surface area contributed by atoms with Crippen LogP contribution in [0, 0.1) is 0 Å². The van der Waals surface area contributed by atoms with E-state index in [1.54, 1.807) is 12.2 Å². The SMILES string of the molecule is O=S(=O)(O)C1(c2nn[nH]n2)C=CC=CC1. The van der Waals surface area contributed by atoms with Crippen LogP contribution in [0.2, 0.25) is 0 Å². The topological polar surface area (TPSA) is 109 Å². The third-order valence-electron chi connectivity index (χ3n) is 2.22. The van der Waals surface area contributed by atoms with Gasteiger partial charge in [-0.2, -0.15) is 13.6 Å². The van der Waals surface area contributed by atoms with E-state index in [2.05, 4.69) is 20.6 Å². The summed E-state index contributed by atoms with van der Waals surface area (Å²) < 4.78 is 30.3. The number of tetrazole rings is 1. The summed E-state index contributed by atoms with van der Waals surface area (Å²) in [5.74, 6) is -0.0643. The molecule has 0 aliphatic heterocycles. The summed E-state index contributed by atoms with van der Waals surface area (Å²) in [6, 6.07) is 0. The van der Waals surface area contributed by atoms with Crippen molar-refractivity contribution in [1.82, 2.24) is 20.6 Å². The van der Waals surface area contributed by atoms with Crippen LogP contribution in [0.1, 0.15) is 12.2 Å². The van der Waals surface area contributed by atoms with Gasteiger partial charge in [-0.3, -0.25) is 4.55 Å².